The van der Waals surface area contributed by atoms with Gasteiger partial charge in [-0.15, -0.1) is 0 Å². The summed E-state index contributed by atoms with van der Waals surface area (Å²) in [4.78, 5) is 0. The van der Waals surface area contributed by atoms with Gasteiger partial charge in [-0.3, -0.25) is 0 Å². The fourth-order valence-electron chi connectivity index (χ4n) is 1.94. The molecule has 0 unspecified atom stereocenters. The van der Waals surface area contributed by atoms with Gasteiger partial charge in [-0.1, -0.05) is 43.5 Å². The van der Waals surface area contributed by atoms with Crippen molar-refractivity contribution in [1.82, 2.24) is 0 Å². The molecule has 0 saturated carbocycles. The lowest BCUT2D eigenvalue weighted by atomic mass is 9.83. The van der Waals surface area contributed by atoms with Gasteiger partial charge >= 0.3 is 0 Å². The Morgan fingerprint density at radius 1 is 1.33 bits per heavy atom. The molecular weight excluding hydrogens is 383 g/mol. The van der Waals surface area contributed by atoms with E-state index < -0.39 is 0 Å². The van der Waals surface area contributed by atoms with E-state index in [1.54, 1.807) is 0 Å². The minimum atomic E-state index is 0.161. The molecule has 0 spiro atoms. The van der Waals surface area contributed by atoms with Crippen molar-refractivity contribution in [3.05, 3.63) is 27.7 Å². The van der Waals surface area contributed by atoms with Gasteiger partial charge in [-0.2, -0.15) is 0 Å². The van der Waals surface area contributed by atoms with Crippen LogP contribution in [-0.2, 0) is 4.74 Å². The van der Waals surface area contributed by atoms with Crippen LogP contribution in [0.15, 0.2) is 22.7 Å². The van der Waals surface area contributed by atoms with Crippen molar-refractivity contribution >= 4 is 43.5 Å². The van der Waals surface area contributed by atoms with Crippen molar-refractivity contribution in [3.8, 4) is 5.75 Å². The van der Waals surface area contributed by atoms with E-state index >= 15 is 0 Å². The van der Waals surface area contributed by atoms with Crippen LogP contribution in [0.2, 0.25) is 5.02 Å². The average Bonchev–Trinajstić information content (AvgIpc) is 2.39. The van der Waals surface area contributed by atoms with Crippen LogP contribution >= 0.6 is 43.5 Å². The molecule has 18 heavy (non-hydrogen) atoms. The molecule has 1 fully saturated rings. The maximum atomic E-state index is 6.14. The Bertz CT molecular complexity index is 406. The lowest BCUT2D eigenvalue weighted by Gasteiger charge is -2.35. The third-order valence-corrected chi connectivity index (χ3v) is 5.24. The summed E-state index contributed by atoms with van der Waals surface area (Å²) in [7, 11) is 0. The smallest absolute Gasteiger partial charge is 0.137 e. The summed E-state index contributed by atoms with van der Waals surface area (Å²) in [6, 6.07) is 5.68. The zero-order chi connectivity index (χ0) is 13.0. The fourth-order valence-corrected chi connectivity index (χ4v) is 3.39. The molecule has 0 aromatic heterocycles. The zero-order valence-electron chi connectivity index (χ0n) is 9.93. The Labute approximate surface area is 129 Å². The highest BCUT2D eigenvalue weighted by molar-refractivity contribution is 9.10. The fraction of sp³-hybridized carbons (Fsp3) is 0.538. The molecule has 1 heterocycles. The van der Waals surface area contributed by atoms with E-state index in [4.69, 9.17) is 21.1 Å². The Hall–Kier alpha value is 0.230. The minimum Gasteiger partial charge on any atom is -0.491 e. The molecule has 2 rings (SSSR count). The first-order chi connectivity index (χ1) is 8.65. The molecule has 0 amide bonds. The first-order valence-corrected chi connectivity index (χ1v) is 8.16. The van der Waals surface area contributed by atoms with E-state index in [-0.39, 0.29) is 5.41 Å². The highest BCUT2D eigenvalue weighted by Gasteiger charge is 2.32. The molecule has 2 nitrogen and oxygen atoms in total. The summed E-state index contributed by atoms with van der Waals surface area (Å²) in [6.07, 6.45) is 2.04. The predicted molar refractivity (Wildman–Crippen MR) is 80.9 cm³/mol. The van der Waals surface area contributed by atoms with Gasteiger partial charge in [-0.05, 0) is 31.0 Å². The van der Waals surface area contributed by atoms with Crippen LogP contribution in [0.4, 0.5) is 0 Å². The Balaban J connectivity index is 2.01. The van der Waals surface area contributed by atoms with E-state index in [1.165, 1.54) is 0 Å². The predicted octanol–water partition coefficient (Wildman–Crippen LogP) is 4.67. The molecule has 100 valence electrons. The zero-order valence-corrected chi connectivity index (χ0v) is 13.9. The van der Waals surface area contributed by atoms with Gasteiger partial charge in [0, 0.05) is 28.4 Å². The number of rotatable bonds is 4. The van der Waals surface area contributed by atoms with Crippen molar-refractivity contribution < 1.29 is 9.47 Å². The van der Waals surface area contributed by atoms with E-state index in [0.717, 1.165) is 41.6 Å². The quantitative estimate of drug-likeness (QED) is 0.686. The third kappa shape index (κ3) is 3.62. The van der Waals surface area contributed by atoms with Gasteiger partial charge in [0.25, 0.3) is 0 Å². The van der Waals surface area contributed by atoms with E-state index in [2.05, 4.69) is 31.9 Å². The van der Waals surface area contributed by atoms with Gasteiger partial charge < -0.3 is 9.47 Å². The summed E-state index contributed by atoms with van der Waals surface area (Å²) in [6.45, 7) is 2.29. The van der Waals surface area contributed by atoms with Crippen LogP contribution < -0.4 is 4.74 Å². The maximum absolute atomic E-state index is 6.14. The van der Waals surface area contributed by atoms with Crippen LogP contribution in [0.5, 0.6) is 5.75 Å². The van der Waals surface area contributed by atoms with E-state index in [9.17, 15) is 0 Å². The topological polar surface area (TPSA) is 18.5 Å². The molecule has 1 aliphatic heterocycles. The largest absolute Gasteiger partial charge is 0.491 e. The number of hydrogen-bond acceptors (Lipinski definition) is 2. The average molecular weight is 399 g/mol. The Kier molecular flexibility index (Phi) is 5.36. The van der Waals surface area contributed by atoms with Crippen LogP contribution in [0.3, 0.4) is 0 Å². The summed E-state index contributed by atoms with van der Waals surface area (Å²) in [5.74, 6) is 0.742. The molecule has 0 radical (unpaired) electrons. The van der Waals surface area contributed by atoms with Gasteiger partial charge in [-0.25, -0.2) is 0 Å². The molecule has 1 saturated heterocycles. The molecule has 1 aliphatic rings. The van der Waals surface area contributed by atoms with Gasteiger partial charge in [0.1, 0.15) is 5.75 Å². The molecular formula is C13H15Br2ClO2. The first-order valence-electron chi connectivity index (χ1n) is 5.87. The van der Waals surface area contributed by atoms with Crippen LogP contribution in [0.1, 0.15) is 12.8 Å². The molecule has 0 aliphatic carbocycles. The summed E-state index contributed by atoms with van der Waals surface area (Å²) < 4.78 is 12.3. The van der Waals surface area contributed by atoms with Crippen molar-refractivity contribution in [1.29, 1.82) is 0 Å². The minimum absolute atomic E-state index is 0.161. The molecule has 5 heteroatoms. The number of halogens is 3. The van der Waals surface area contributed by atoms with Crippen LogP contribution in [0.25, 0.3) is 0 Å². The Morgan fingerprint density at radius 2 is 2.06 bits per heavy atom. The van der Waals surface area contributed by atoms with Crippen LogP contribution in [0, 0.1) is 5.41 Å². The number of ether oxygens (including phenoxy) is 2. The second-order valence-electron chi connectivity index (χ2n) is 4.61. The SMILES string of the molecule is Clc1cc(Br)ccc1OCC1(CBr)CCOCC1. The molecule has 0 bridgehead atoms. The summed E-state index contributed by atoms with van der Waals surface area (Å²) >= 11 is 13.1. The molecule has 0 atom stereocenters. The van der Waals surface area contributed by atoms with Gasteiger partial charge in [0.05, 0.1) is 11.6 Å². The van der Waals surface area contributed by atoms with Crippen molar-refractivity contribution in [2.24, 2.45) is 5.41 Å². The standard InChI is InChI=1S/C13H15Br2ClO2/c14-8-13(3-5-17-6-4-13)9-18-12-2-1-10(15)7-11(12)16/h1-2,7H,3-6,8-9H2. The maximum Gasteiger partial charge on any atom is 0.137 e. The monoisotopic (exact) mass is 396 g/mol. The number of alkyl halides is 1. The second-order valence-corrected chi connectivity index (χ2v) is 6.49. The van der Waals surface area contributed by atoms with Crippen LogP contribution in [-0.4, -0.2) is 25.2 Å². The number of benzene rings is 1. The molecule has 0 N–H and O–H groups in total. The highest BCUT2D eigenvalue weighted by Crippen LogP contribution is 2.35. The summed E-state index contributed by atoms with van der Waals surface area (Å²) in [5.41, 5.74) is 0.161. The molecule has 1 aromatic rings. The van der Waals surface area contributed by atoms with Gasteiger partial charge in [0.2, 0.25) is 0 Å². The summed E-state index contributed by atoms with van der Waals surface area (Å²) in [5, 5.41) is 1.57. The van der Waals surface area contributed by atoms with Gasteiger partial charge in [0.15, 0.2) is 0 Å². The Morgan fingerprint density at radius 3 is 2.67 bits per heavy atom. The van der Waals surface area contributed by atoms with Crippen molar-refractivity contribution in [2.75, 3.05) is 25.2 Å². The number of hydrogen-bond donors (Lipinski definition) is 0. The second kappa shape index (κ2) is 6.60. The lowest BCUT2D eigenvalue weighted by Crippen LogP contribution is -2.36. The molecule has 1 aromatic carbocycles. The third-order valence-electron chi connectivity index (χ3n) is 3.26. The lowest BCUT2D eigenvalue weighted by molar-refractivity contribution is 0.00356. The normalized spacial score (nSPS) is 18.6. The van der Waals surface area contributed by atoms with Crippen molar-refractivity contribution in [2.45, 2.75) is 12.8 Å². The van der Waals surface area contributed by atoms with E-state index in [0.29, 0.717) is 11.6 Å². The first kappa shape index (κ1) is 14.6. The van der Waals surface area contributed by atoms with Crippen molar-refractivity contribution in [3.63, 3.8) is 0 Å². The van der Waals surface area contributed by atoms with E-state index in [1.807, 2.05) is 18.2 Å². The highest BCUT2D eigenvalue weighted by atomic mass is 79.9.